The fraction of sp³-hybridized carbons (Fsp3) is 0.667. The average Bonchev–Trinajstić information content (AvgIpc) is 2.33. The third-order valence-electron chi connectivity index (χ3n) is 2.63. The van der Waals surface area contributed by atoms with E-state index in [2.05, 4.69) is 5.97 Å². The van der Waals surface area contributed by atoms with Gasteiger partial charge in [-0.15, -0.1) is 0 Å². The Morgan fingerprint density at radius 1 is 1.69 bits per heavy atom. The fourth-order valence-corrected chi connectivity index (χ4v) is 2.02. The van der Waals surface area contributed by atoms with Crippen LogP contribution in [0.5, 0.6) is 0 Å². The summed E-state index contributed by atoms with van der Waals surface area (Å²) in [4.78, 5) is 0. The summed E-state index contributed by atoms with van der Waals surface area (Å²) >= 11 is 0. The Morgan fingerprint density at radius 3 is 2.85 bits per heavy atom. The monoisotopic (exact) mass is 180 g/mol. The van der Waals surface area contributed by atoms with Crippen LogP contribution in [0.1, 0.15) is 12.8 Å². The lowest BCUT2D eigenvalue weighted by Gasteiger charge is -2.41. The number of hydrogen-bond acceptors (Lipinski definition) is 2. The topological polar surface area (TPSA) is 44.0 Å². The summed E-state index contributed by atoms with van der Waals surface area (Å²) in [5.74, 6) is 2.26. The van der Waals surface area contributed by atoms with Gasteiger partial charge in [0.25, 0.3) is 7.41 Å². The van der Waals surface area contributed by atoms with Crippen LogP contribution in [0, 0.1) is 11.2 Å². The number of nitrogens with zero attached hydrogens (tertiary/aromatic N) is 2. The average molecular weight is 180 g/mol. The van der Waals surface area contributed by atoms with E-state index in [0.717, 1.165) is 12.8 Å². The van der Waals surface area contributed by atoms with Gasteiger partial charge in [-0.05, 0) is 12.8 Å². The highest BCUT2D eigenvalue weighted by molar-refractivity contribution is 6.36. The quantitative estimate of drug-likeness (QED) is 0.479. The molecule has 0 bridgehead atoms. The molecular formula is C9H17BN2O. The summed E-state index contributed by atoms with van der Waals surface area (Å²) < 4.78 is 0.678. The third-order valence-corrected chi connectivity index (χ3v) is 2.63. The van der Waals surface area contributed by atoms with Crippen LogP contribution in [-0.2, 0) is 0 Å². The molecule has 0 aromatic heterocycles. The van der Waals surface area contributed by atoms with Gasteiger partial charge < -0.3 is 9.50 Å². The molecule has 1 rings (SSSR count). The molecule has 72 valence electrons. The van der Waals surface area contributed by atoms with Gasteiger partial charge >= 0.3 is 0 Å². The lowest BCUT2D eigenvalue weighted by atomic mass is 9.88. The van der Waals surface area contributed by atoms with Crippen molar-refractivity contribution in [2.24, 2.45) is 0 Å². The van der Waals surface area contributed by atoms with E-state index < -0.39 is 13.0 Å². The summed E-state index contributed by atoms with van der Waals surface area (Å²) in [6.45, 7) is 0.678. The van der Waals surface area contributed by atoms with E-state index in [-0.39, 0.29) is 0 Å². The second-order valence-electron chi connectivity index (χ2n) is 4.94. The van der Waals surface area contributed by atoms with E-state index in [1.165, 1.54) is 0 Å². The summed E-state index contributed by atoms with van der Waals surface area (Å²) in [5, 5.41) is 18.7. The van der Waals surface area contributed by atoms with Crippen molar-refractivity contribution < 1.29 is 9.50 Å². The number of allylic oxidation sites excluding steroid dienone is 1. The van der Waals surface area contributed by atoms with E-state index in [9.17, 15) is 5.11 Å². The van der Waals surface area contributed by atoms with Crippen LogP contribution >= 0.6 is 0 Å². The molecule has 4 heteroatoms. The summed E-state index contributed by atoms with van der Waals surface area (Å²) in [6.07, 6.45) is 5.68. The Balaban J connectivity index is 2.57. The van der Waals surface area contributed by atoms with E-state index in [1.807, 2.05) is 26.2 Å². The zero-order chi connectivity index (χ0) is 9.95. The number of aliphatic hydroxyl groups is 1. The highest BCUT2D eigenvalue weighted by Crippen LogP contribution is 2.24. The van der Waals surface area contributed by atoms with Gasteiger partial charge in [-0.1, -0.05) is 18.1 Å². The summed E-state index contributed by atoms with van der Waals surface area (Å²) in [7, 11) is 3.39. The molecule has 1 N–H and O–H groups in total. The largest absolute Gasteiger partial charge is 0.511 e. The number of quaternary nitrogens is 1. The molecule has 0 aliphatic heterocycles. The number of nitriles is 1. The molecule has 0 radical (unpaired) electrons. The Bertz CT molecular complexity index is 257. The zero-order valence-electron chi connectivity index (χ0n) is 8.62. The van der Waals surface area contributed by atoms with Gasteiger partial charge in [-0.2, -0.15) is 0 Å². The molecule has 0 aromatic carbocycles. The molecule has 0 heterocycles. The minimum Gasteiger partial charge on any atom is -0.511 e. The number of rotatable bonds is 3. The van der Waals surface area contributed by atoms with Crippen molar-refractivity contribution in [2.45, 2.75) is 18.4 Å². The van der Waals surface area contributed by atoms with Crippen molar-refractivity contribution in [3.8, 4) is 5.97 Å². The first-order valence-electron chi connectivity index (χ1n) is 4.84. The standard InChI is InChI=1S/C9H17BN2O/c1-12(2,10-8-11)7-9(13)5-3-4-6-9/h3,5,13H,4,6-7,10H2,1-2H3. The second kappa shape index (κ2) is 3.53. The van der Waals surface area contributed by atoms with Crippen LogP contribution in [-0.4, -0.2) is 43.2 Å². The Labute approximate surface area is 80.1 Å². The van der Waals surface area contributed by atoms with Gasteiger partial charge in [0.05, 0.1) is 6.54 Å². The predicted octanol–water partition coefficient (Wildman–Crippen LogP) is -0.291. The van der Waals surface area contributed by atoms with Gasteiger partial charge in [0.1, 0.15) is 5.60 Å². The van der Waals surface area contributed by atoms with Gasteiger partial charge in [0.2, 0.25) is 0 Å². The molecule has 0 amide bonds. The van der Waals surface area contributed by atoms with Crippen molar-refractivity contribution in [1.82, 2.24) is 0 Å². The normalized spacial score (nSPS) is 27.5. The molecule has 1 unspecified atom stereocenters. The SMILES string of the molecule is C[N+](C)([BH2-]C#N)CC1(O)C=CCC1. The van der Waals surface area contributed by atoms with Crippen LogP contribution in [0.2, 0.25) is 0 Å². The lowest BCUT2D eigenvalue weighted by molar-refractivity contribution is -0.784. The molecule has 0 fully saturated rings. The van der Waals surface area contributed by atoms with E-state index >= 15 is 0 Å². The molecule has 13 heavy (non-hydrogen) atoms. The van der Waals surface area contributed by atoms with Gasteiger partial charge in [-0.25, -0.2) is 5.26 Å². The first-order valence-corrected chi connectivity index (χ1v) is 4.84. The highest BCUT2D eigenvalue weighted by Gasteiger charge is 2.31. The number of likely N-dealkylation sites (N-methyl/N-ethyl adjacent to an activating group) is 1. The molecule has 1 aliphatic rings. The molecule has 0 saturated carbocycles. The summed E-state index contributed by atoms with van der Waals surface area (Å²) in [6, 6.07) is 0. The third kappa shape index (κ3) is 2.87. The maximum Gasteiger partial charge on any atom is 0.281 e. The van der Waals surface area contributed by atoms with Crippen molar-refractivity contribution in [1.29, 1.82) is 5.26 Å². The maximum atomic E-state index is 10.1. The Morgan fingerprint density at radius 2 is 2.38 bits per heavy atom. The minimum absolute atomic E-state index is 0.649. The zero-order valence-corrected chi connectivity index (χ0v) is 8.62. The van der Waals surface area contributed by atoms with Crippen molar-refractivity contribution in [3.05, 3.63) is 12.2 Å². The van der Waals surface area contributed by atoms with E-state index in [0.29, 0.717) is 10.9 Å². The first kappa shape index (κ1) is 10.3. The fourth-order valence-electron chi connectivity index (χ4n) is 2.02. The Kier molecular flexibility index (Phi) is 2.79. The number of hydrogen-bond donors (Lipinski definition) is 1. The van der Waals surface area contributed by atoms with Gasteiger partial charge in [0, 0.05) is 14.1 Å². The van der Waals surface area contributed by atoms with Crippen LogP contribution in [0.25, 0.3) is 0 Å². The lowest BCUT2D eigenvalue weighted by Crippen LogP contribution is -2.52. The smallest absolute Gasteiger partial charge is 0.281 e. The molecule has 1 atom stereocenters. The van der Waals surface area contributed by atoms with Crippen LogP contribution in [0.15, 0.2) is 12.2 Å². The predicted molar refractivity (Wildman–Crippen MR) is 54.5 cm³/mol. The molecule has 0 aromatic rings. The van der Waals surface area contributed by atoms with Crippen LogP contribution in [0.3, 0.4) is 0 Å². The first-order chi connectivity index (χ1) is 5.97. The summed E-state index contributed by atoms with van der Waals surface area (Å²) in [5.41, 5.74) is -0.649. The Hall–Kier alpha value is -0.785. The maximum absolute atomic E-state index is 10.1. The molecule has 0 spiro atoms. The molecule has 3 nitrogen and oxygen atoms in total. The van der Waals surface area contributed by atoms with Crippen molar-refractivity contribution >= 4 is 7.41 Å². The van der Waals surface area contributed by atoms with Crippen molar-refractivity contribution in [3.63, 3.8) is 0 Å². The van der Waals surface area contributed by atoms with Crippen LogP contribution < -0.4 is 0 Å². The highest BCUT2D eigenvalue weighted by atomic mass is 16.3. The molecular weight excluding hydrogens is 163 g/mol. The van der Waals surface area contributed by atoms with Gasteiger partial charge in [-0.3, -0.25) is 0 Å². The second-order valence-corrected chi connectivity index (χ2v) is 4.94. The molecule has 0 saturated heterocycles. The van der Waals surface area contributed by atoms with Crippen LogP contribution in [0.4, 0.5) is 0 Å². The minimum atomic E-state index is -0.651. The molecule has 1 aliphatic carbocycles. The van der Waals surface area contributed by atoms with E-state index in [1.54, 1.807) is 0 Å². The van der Waals surface area contributed by atoms with Crippen molar-refractivity contribution in [2.75, 3.05) is 20.6 Å². The van der Waals surface area contributed by atoms with Gasteiger partial charge in [0.15, 0.2) is 0 Å². The van der Waals surface area contributed by atoms with E-state index in [4.69, 9.17) is 5.26 Å².